The Bertz CT molecular complexity index is 480. The maximum atomic E-state index is 10.7. The fourth-order valence-electron chi connectivity index (χ4n) is 2.26. The number of hydrazone groups is 1. The molecule has 0 unspecified atom stereocenters. The highest BCUT2D eigenvalue weighted by molar-refractivity contribution is 9.09. The molecule has 1 aliphatic rings. The van der Waals surface area contributed by atoms with Crippen molar-refractivity contribution in [2.24, 2.45) is 5.10 Å². The molecule has 0 aliphatic carbocycles. The summed E-state index contributed by atoms with van der Waals surface area (Å²) in [5.41, 5.74) is 1.95. The number of rotatable bonds is 4. The molecule has 6 heteroatoms. The van der Waals surface area contributed by atoms with Crippen LogP contribution in [0.3, 0.4) is 0 Å². The van der Waals surface area contributed by atoms with Gasteiger partial charge in [0.1, 0.15) is 0 Å². The minimum absolute atomic E-state index is 0.109. The van der Waals surface area contributed by atoms with Crippen LogP contribution in [-0.2, 0) is 0 Å². The predicted molar refractivity (Wildman–Crippen MR) is 83.5 cm³/mol. The number of benzene rings is 1. The molecule has 0 radical (unpaired) electrons. The van der Waals surface area contributed by atoms with Gasteiger partial charge in [0.25, 0.3) is 5.69 Å². The van der Waals surface area contributed by atoms with Crippen LogP contribution >= 0.6 is 15.9 Å². The fraction of sp³-hybridized carbons (Fsp3) is 0.500. The molecule has 1 fully saturated rings. The first-order valence-electron chi connectivity index (χ1n) is 6.84. The van der Waals surface area contributed by atoms with E-state index in [-0.39, 0.29) is 10.6 Å². The Morgan fingerprint density at radius 3 is 2.30 bits per heavy atom. The van der Waals surface area contributed by atoms with Crippen LogP contribution in [0.5, 0.6) is 0 Å². The highest BCUT2D eigenvalue weighted by atomic mass is 79.9. The second-order valence-electron chi connectivity index (χ2n) is 4.85. The molecule has 20 heavy (non-hydrogen) atoms. The van der Waals surface area contributed by atoms with Gasteiger partial charge in [-0.05, 0) is 30.5 Å². The minimum atomic E-state index is -0.385. The van der Waals surface area contributed by atoms with Gasteiger partial charge in [-0.2, -0.15) is 5.10 Å². The first-order valence-corrected chi connectivity index (χ1v) is 7.96. The van der Waals surface area contributed by atoms with E-state index in [1.165, 1.54) is 37.8 Å². The molecule has 0 spiro atoms. The molecular formula is C14H18BrN3O2. The number of nitrogens with zero attached hydrogens (tertiary/aromatic N) is 3. The predicted octanol–water partition coefficient (Wildman–Crippen LogP) is 3.57. The lowest BCUT2D eigenvalue weighted by atomic mass is 10.1. The lowest BCUT2D eigenvalue weighted by Crippen LogP contribution is -2.21. The second-order valence-corrected chi connectivity index (χ2v) is 5.41. The summed E-state index contributed by atoms with van der Waals surface area (Å²) >= 11 is 3.46. The zero-order chi connectivity index (χ0) is 14.4. The van der Waals surface area contributed by atoms with Gasteiger partial charge in [0.15, 0.2) is 0 Å². The van der Waals surface area contributed by atoms with Gasteiger partial charge < -0.3 is 0 Å². The largest absolute Gasteiger partial charge is 0.297 e. The molecular weight excluding hydrogens is 322 g/mol. The Kier molecular flexibility index (Phi) is 5.52. The van der Waals surface area contributed by atoms with Gasteiger partial charge in [0.05, 0.1) is 10.6 Å². The molecule has 2 rings (SSSR count). The van der Waals surface area contributed by atoms with Gasteiger partial charge in [-0.1, -0.05) is 28.8 Å². The average molecular weight is 340 g/mol. The van der Waals surface area contributed by atoms with E-state index < -0.39 is 0 Å². The molecule has 1 aliphatic heterocycles. The maximum absolute atomic E-state index is 10.7. The van der Waals surface area contributed by atoms with Crippen LogP contribution in [0.2, 0.25) is 0 Å². The quantitative estimate of drug-likeness (QED) is 0.364. The third-order valence-electron chi connectivity index (χ3n) is 3.38. The van der Waals surface area contributed by atoms with Crippen molar-refractivity contribution < 1.29 is 4.92 Å². The lowest BCUT2D eigenvalue weighted by Gasteiger charge is -2.18. The molecule has 0 N–H and O–H groups in total. The number of alkyl halides is 1. The Morgan fingerprint density at radius 1 is 1.20 bits per heavy atom. The van der Waals surface area contributed by atoms with Crippen LogP contribution < -0.4 is 0 Å². The average Bonchev–Trinajstić information content (AvgIpc) is 2.73. The van der Waals surface area contributed by atoms with E-state index in [0.29, 0.717) is 5.33 Å². The Labute approximate surface area is 126 Å². The first kappa shape index (κ1) is 15.0. The summed E-state index contributed by atoms with van der Waals surface area (Å²) in [5, 5.41) is 18.1. The zero-order valence-electron chi connectivity index (χ0n) is 11.3. The van der Waals surface area contributed by atoms with Crippen molar-refractivity contribution in [3.8, 4) is 0 Å². The van der Waals surface area contributed by atoms with Crippen LogP contribution in [0.15, 0.2) is 29.4 Å². The summed E-state index contributed by atoms with van der Waals surface area (Å²) in [4.78, 5) is 10.3. The molecule has 0 atom stereocenters. The molecule has 0 aromatic heterocycles. The minimum Gasteiger partial charge on any atom is -0.297 e. The smallest absolute Gasteiger partial charge is 0.269 e. The molecule has 1 aromatic carbocycles. The van der Waals surface area contributed by atoms with Gasteiger partial charge in [-0.15, -0.1) is 0 Å². The SMILES string of the molecule is O=[N+]([O-])c1ccc(/C(CBr)=N\N2CCCCCC2)cc1. The van der Waals surface area contributed by atoms with E-state index in [4.69, 9.17) is 5.10 Å². The normalized spacial score (nSPS) is 16.9. The van der Waals surface area contributed by atoms with Crippen molar-refractivity contribution in [3.05, 3.63) is 39.9 Å². The lowest BCUT2D eigenvalue weighted by molar-refractivity contribution is -0.384. The third-order valence-corrected chi connectivity index (χ3v) is 3.91. The summed E-state index contributed by atoms with van der Waals surface area (Å²) in [5.74, 6) is 0. The summed E-state index contributed by atoms with van der Waals surface area (Å²) in [7, 11) is 0. The van der Waals surface area contributed by atoms with E-state index in [0.717, 1.165) is 24.4 Å². The van der Waals surface area contributed by atoms with Crippen molar-refractivity contribution in [2.45, 2.75) is 25.7 Å². The van der Waals surface area contributed by atoms with Gasteiger partial charge in [-0.3, -0.25) is 15.1 Å². The molecule has 1 aromatic rings. The number of non-ortho nitro benzene ring substituents is 1. The molecule has 0 amide bonds. The fourth-order valence-corrected chi connectivity index (χ4v) is 2.70. The highest BCUT2D eigenvalue weighted by Crippen LogP contribution is 2.15. The summed E-state index contributed by atoms with van der Waals surface area (Å²) in [6.45, 7) is 1.98. The number of hydrogen-bond acceptors (Lipinski definition) is 4. The van der Waals surface area contributed by atoms with Gasteiger partial charge in [0, 0.05) is 30.6 Å². The molecule has 0 bridgehead atoms. The van der Waals surface area contributed by atoms with Gasteiger partial charge >= 0.3 is 0 Å². The number of hydrogen-bond donors (Lipinski definition) is 0. The standard InChI is InChI=1S/C14H18BrN3O2/c15-11-14(16-17-9-3-1-2-4-10-17)12-5-7-13(8-6-12)18(19)20/h5-8H,1-4,9-11H2/b16-14-. The number of nitro benzene ring substituents is 1. The van der Waals surface area contributed by atoms with Crippen molar-refractivity contribution in [1.29, 1.82) is 0 Å². The van der Waals surface area contributed by atoms with Crippen LogP contribution in [0.4, 0.5) is 5.69 Å². The maximum Gasteiger partial charge on any atom is 0.269 e. The van der Waals surface area contributed by atoms with Crippen LogP contribution in [-0.4, -0.2) is 34.1 Å². The summed E-state index contributed by atoms with van der Waals surface area (Å²) in [6.07, 6.45) is 4.90. The van der Waals surface area contributed by atoms with Gasteiger partial charge in [0.2, 0.25) is 0 Å². The zero-order valence-corrected chi connectivity index (χ0v) is 12.9. The monoisotopic (exact) mass is 339 g/mol. The molecule has 1 saturated heterocycles. The molecule has 5 nitrogen and oxygen atoms in total. The summed E-state index contributed by atoms with van der Waals surface area (Å²) < 4.78 is 0. The van der Waals surface area contributed by atoms with Crippen LogP contribution in [0, 0.1) is 10.1 Å². The van der Waals surface area contributed by atoms with E-state index in [2.05, 4.69) is 20.9 Å². The molecule has 1 heterocycles. The topological polar surface area (TPSA) is 58.7 Å². The number of halogens is 1. The summed E-state index contributed by atoms with van der Waals surface area (Å²) in [6, 6.07) is 6.57. The van der Waals surface area contributed by atoms with E-state index in [9.17, 15) is 10.1 Å². The Balaban J connectivity index is 2.15. The highest BCUT2D eigenvalue weighted by Gasteiger charge is 2.11. The van der Waals surface area contributed by atoms with Crippen molar-refractivity contribution in [2.75, 3.05) is 18.4 Å². The van der Waals surface area contributed by atoms with Crippen LogP contribution in [0.25, 0.3) is 0 Å². The van der Waals surface area contributed by atoms with Crippen molar-refractivity contribution in [1.82, 2.24) is 5.01 Å². The van der Waals surface area contributed by atoms with Crippen LogP contribution in [0.1, 0.15) is 31.2 Å². The van der Waals surface area contributed by atoms with Gasteiger partial charge in [-0.25, -0.2) is 0 Å². The molecule has 108 valence electrons. The second kappa shape index (κ2) is 7.38. The van der Waals surface area contributed by atoms with E-state index in [1.807, 2.05) is 0 Å². The van der Waals surface area contributed by atoms with Crippen molar-refractivity contribution in [3.63, 3.8) is 0 Å². The Morgan fingerprint density at radius 2 is 1.80 bits per heavy atom. The Hall–Kier alpha value is -1.43. The number of nitro groups is 1. The third kappa shape index (κ3) is 4.03. The van der Waals surface area contributed by atoms with Crippen molar-refractivity contribution >= 4 is 27.3 Å². The van der Waals surface area contributed by atoms with E-state index in [1.54, 1.807) is 12.1 Å². The first-order chi connectivity index (χ1) is 9.70. The van der Waals surface area contributed by atoms with E-state index >= 15 is 0 Å². The molecule has 0 saturated carbocycles.